The number of hydrogen-bond donors (Lipinski definition) is 12. The lowest BCUT2D eigenvalue weighted by atomic mass is 9.96. The number of aliphatic hydroxyl groups excluding tert-OH is 11. The number of hydrogen-bond acceptors (Lipinski definition) is 18. The van der Waals surface area contributed by atoms with E-state index in [4.69, 9.17) is 28.4 Å². The van der Waals surface area contributed by atoms with Gasteiger partial charge < -0.3 is 89.9 Å². The molecule has 3 aliphatic heterocycles. The Morgan fingerprint density at radius 2 is 0.885 bits per heavy atom. The highest BCUT2D eigenvalue weighted by Gasteiger charge is 2.53. The molecule has 454 valence electrons. The summed E-state index contributed by atoms with van der Waals surface area (Å²) in [5, 5.41) is 119. The molecule has 17 unspecified atom stereocenters. The molecule has 0 saturated carbocycles. The Hall–Kier alpha value is -2.25. The van der Waals surface area contributed by atoms with Crippen molar-refractivity contribution in [2.24, 2.45) is 0 Å². The van der Waals surface area contributed by atoms with Gasteiger partial charge in [0.1, 0.15) is 73.2 Å². The summed E-state index contributed by atoms with van der Waals surface area (Å²) in [5.41, 5.74) is 0. The fraction of sp³-hybridized carbons (Fsp3) is 0.847. The first-order valence-electron chi connectivity index (χ1n) is 29.9. The van der Waals surface area contributed by atoms with E-state index in [1.165, 1.54) is 83.5 Å². The van der Waals surface area contributed by atoms with E-state index in [2.05, 4.69) is 67.8 Å². The Morgan fingerprint density at radius 3 is 1.37 bits per heavy atom. The molecule has 78 heavy (non-hydrogen) atoms. The minimum Gasteiger partial charge on any atom is -0.394 e. The van der Waals surface area contributed by atoms with Crippen LogP contribution in [0, 0.1) is 0 Å². The average Bonchev–Trinajstić information content (AvgIpc) is 3.48. The zero-order chi connectivity index (χ0) is 56.9. The van der Waals surface area contributed by atoms with Crippen LogP contribution in [-0.4, -0.2) is 193 Å². The molecule has 3 heterocycles. The molecule has 0 aliphatic carbocycles. The fourth-order valence-electron chi connectivity index (χ4n) is 10.0. The van der Waals surface area contributed by atoms with E-state index in [1.54, 1.807) is 0 Å². The molecular weight excluding hydrogens is 1010 g/mol. The van der Waals surface area contributed by atoms with E-state index < -0.39 is 124 Å². The summed E-state index contributed by atoms with van der Waals surface area (Å²) < 4.78 is 34.1. The molecule has 12 N–H and O–H groups in total. The Labute approximate surface area is 465 Å². The van der Waals surface area contributed by atoms with E-state index in [0.29, 0.717) is 19.3 Å². The van der Waals surface area contributed by atoms with Crippen LogP contribution in [0.25, 0.3) is 0 Å². The van der Waals surface area contributed by atoms with Crippen molar-refractivity contribution in [2.75, 3.05) is 26.4 Å². The van der Waals surface area contributed by atoms with Gasteiger partial charge in [0, 0.05) is 6.42 Å². The van der Waals surface area contributed by atoms with Gasteiger partial charge in [0.15, 0.2) is 18.9 Å². The average molecular weight is 1120 g/mol. The van der Waals surface area contributed by atoms with Crippen molar-refractivity contribution in [3.63, 3.8) is 0 Å². The molecule has 17 atom stereocenters. The van der Waals surface area contributed by atoms with Crippen LogP contribution >= 0.6 is 0 Å². The Morgan fingerprint density at radius 1 is 0.474 bits per heavy atom. The first-order chi connectivity index (χ1) is 37.8. The van der Waals surface area contributed by atoms with Crippen LogP contribution in [-0.2, 0) is 33.2 Å². The van der Waals surface area contributed by atoms with Gasteiger partial charge in [0.25, 0.3) is 0 Å². The summed E-state index contributed by atoms with van der Waals surface area (Å²) in [5.74, 6) is -0.254. The molecule has 19 nitrogen and oxygen atoms in total. The molecule has 0 radical (unpaired) electrons. The second kappa shape index (κ2) is 42.6. The molecule has 0 spiro atoms. The zero-order valence-electron chi connectivity index (χ0n) is 47.1. The van der Waals surface area contributed by atoms with Crippen molar-refractivity contribution in [1.82, 2.24) is 5.32 Å². The second-order valence-corrected chi connectivity index (χ2v) is 21.4. The molecular formula is C59H105NO18. The number of carbonyl (C=O) groups excluding carboxylic acids is 1. The van der Waals surface area contributed by atoms with Crippen LogP contribution in [0.1, 0.15) is 187 Å². The van der Waals surface area contributed by atoms with Gasteiger partial charge in [0.05, 0.1) is 38.6 Å². The molecule has 19 heteroatoms. The van der Waals surface area contributed by atoms with Crippen LogP contribution in [0.4, 0.5) is 0 Å². The predicted molar refractivity (Wildman–Crippen MR) is 295 cm³/mol. The highest BCUT2D eigenvalue weighted by molar-refractivity contribution is 5.76. The second-order valence-electron chi connectivity index (χ2n) is 21.4. The van der Waals surface area contributed by atoms with E-state index in [-0.39, 0.29) is 18.9 Å². The molecule has 3 rings (SSSR count). The molecule has 0 aromatic carbocycles. The maximum atomic E-state index is 13.2. The number of unbranched alkanes of at least 4 members (excludes halogenated alkanes) is 19. The van der Waals surface area contributed by atoms with Gasteiger partial charge in [0.2, 0.25) is 5.91 Å². The van der Waals surface area contributed by atoms with Crippen molar-refractivity contribution < 1.29 is 89.4 Å². The monoisotopic (exact) mass is 1120 g/mol. The third-order valence-corrected chi connectivity index (χ3v) is 14.9. The third-order valence-electron chi connectivity index (χ3n) is 14.9. The molecule has 3 aliphatic rings. The van der Waals surface area contributed by atoms with Gasteiger partial charge in [-0.15, -0.1) is 0 Å². The third kappa shape index (κ3) is 26.3. The fourth-order valence-corrected chi connectivity index (χ4v) is 10.0. The van der Waals surface area contributed by atoms with Gasteiger partial charge in [-0.05, 0) is 51.4 Å². The lowest BCUT2D eigenvalue weighted by Crippen LogP contribution is -2.66. The SMILES string of the molecule is CC/C=C\C/C=C\C/C=C\C/C=C\CCCCCCCCCCCCCCCCCCC(=O)NC(COC1OC(CO)C(OC2OC(CO)C(OC3OC(CO)C(O)C(O)C3O)C(O)C2O)C(O)C1O)C(O)CCCCCC. The lowest BCUT2D eigenvalue weighted by Gasteiger charge is -2.48. The van der Waals surface area contributed by atoms with E-state index >= 15 is 0 Å². The van der Waals surface area contributed by atoms with Crippen molar-refractivity contribution in [3.05, 3.63) is 48.6 Å². The Kier molecular flexibility index (Phi) is 38.2. The highest BCUT2D eigenvalue weighted by Crippen LogP contribution is 2.33. The van der Waals surface area contributed by atoms with Crippen LogP contribution in [0.15, 0.2) is 48.6 Å². The summed E-state index contributed by atoms with van der Waals surface area (Å²) in [6, 6.07) is -0.883. The lowest BCUT2D eigenvalue weighted by molar-refractivity contribution is -0.379. The van der Waals surface area contributed by atoms with Crippen molar-refractivity contribution in [3.8, 4) is 0 Å². The maximum absolute atomic E-state index is 13.2. The number of ether oxygens (including phenoxy) is 6. The quantitative estimate of drug-likeness (QED) is 0.0279. The Bertz CT molecular complexity index is 1620. The van der Waals surface area contributed by atoms with Crippen molar-refractivity contribution >= 4 is 5.91 Å². The van der Waals surface area contributed by atoms with Crippen LogP contribution < -0.4 is 5.32 Å². The largest absolute Gasteiger partial charge is 0.394 e. The molecule has 3 fully saturated rings. The predicted octanol–water partition coefficient (Wildman–Crippen LogP) is 5.09. The first-order valence-corrected chi connectivity index (χ1v) is 29.9. The maximum Gasteiger partial charge on any atom is 0.220 e. The van der Waals surface area contributed by atoms with E-state index in [0.717, 1.165) is 64.2 Å². The molecule has 3 saturated heterocycles. The highest BCUT2D eigenvalue weighted by atomic mass is 16.8. The summed E-state index contributed by atoms with van der Waals surface area (Å²) in [6.45, 7) is 1.52. The smallest absolute Gasteiger partial charge is 0.220 e. The summed E-state index contributed by atoms with van der Waals surface area (Å²) >= 11 is 0. The molecule has 0 aromatic rings. The van der Waals surface area contributed by atoms with Gasteiger partial charge >= 0.3 is 0 Å². The molecule has 0 aromatic heterocycles. The van der Waals surface area contributed by atoms with Gasteiger partial charge in [-0.25, -0.2) is 0 Å². The van der Waals surface area contributed by atoms with Crippen LogP contribution in [0.2, 0.25) is 0 Å². The summed E-state index contributed by atoms with van der Waals surface area (Å²) in [4.78, 5) is 13.2. The Balaban J connectivity index is 1.31. The van der Waals surface area contributed by atoms with Gasteiger partial charge in [-0.2, -0.15) is 0 Å². The topological polar surface area (TPSA) is 307 Å². The van der Waals surface area contributed by atoms with E-state index in [1.807, 2.05) is 0 Å². The minimum absolute atomic E-state index is 0.254. The number of aliphatic hydroxyl groups is 11. The summed E-state index contributed by atoms with van der Waals surface area (Å²) in [6.07, 6.45) is 20.3. The van der Waals surface area contributed by atoms with E-state index in [9.17, 15) is 61.0 Å². The standard InChI is InChI=1S/C59H105NO18/c1-3-5-7-9-10-11-12-13-14-15-16-17-18-19-20-21-22-23-24-25-26-27-28-29-30-31-32-33-35-37-47(65)60-42(43(64)36-34-8-6-4-2)41-73-57-53(71)50(68)55(45(39-62)75-57)78-59-54(72)51(69)56(46(40-63)76-59)77-58-52(70)49(67)48(66)44(38-61)74-58/h5,7,10-11,13-14,16-17,42-46,48-59,61-64,66-72H,3-4,6,8-9,12,15,18-41H2,1-2H3,(H,60,65)/b7-5-,11-10-,14-13-,17-16-. The van der Waals surface area contributed by atoms with Crippen molar-refractivity contribution in [1.29, 1.82) is 0 Å². The molecule has 1 amide bonds. The summed E-state index contributed by atoms with van der Waals surface area (Å²) in [7, 11) is 0. The number of rotatable bonds is 43. The minimum atomic E-state index is -1.97. The van der Waals surface area contributed by atoms with Gasteiger partial charge in [-0.1, -0.05) is 178 Å². The number of nitrogens with one attached hydrogen (secondary N) is 1. The molecule has 0 bridgehead atoms. The van der Waals surface area contributed by atoms with Crippen molar-refractivity contribution in [2.45, 2.75) is 291 Å². The van der Waals surface area contributed by atoms with Crippen LogP contribution in [0.3, 0.4) is 0 Å². The number of amides is 1. The normalized spacial score (nSPS) is 30.8. The zero-order valence-corrected chi connectivity index (χ0v) is 47.1. The number of carbonyl (C=O) groups is 1. The number of allylic oxidation sites excluding steroid dienone is 8. The first kappa shape index (κ1) is 70.0. The van der Waals surface area contributed by atoms with Crippen LogP contribution in [0.5, 0.6) is 0 Å². The van der Waals surface area contributed by atoms with Gasteiger partial charge in [-0.3, -0.25) is 4.79 Å².